The zero-order chi connectivity index (χ0) is 24.1. The highest BCUT2D eigenvalue weighted by Crippen LogP contribution is 2.28. The molecule has 3 aromatic rings. The van der Waals surface area contributed by atoms with Crippen LogP contribution in [0.1, 0.15) is 25.7 Å². The highest BCUT2D eigenvalue weighted by Gasteiger charge is 2.22. The van der Waals surface area contributed by atoms with Crippen molar-refractivity contribution in [2.75, 3.05) is 44.0 Å². The van der Waals surface area contributed by atoms with Crippen LogP contribution >= 0.6 is 0 Å². The Morgan fingerprint density at radius 3 is 2.47 bits per heavy atom. The number of hydrogen-bond donors (Lipinski definition) is 2. The molecule has 1 aliphatic carbocycles. The van der Waals surface area contributed by atoms with Crippen molar-refractivity contribution < 1.29 is 17.9 Å². The summed E-state index contributed by atoms with van der Waals surface area (Å²) in [5.74, 6) is -1.93. The summed E-state index contributed by atoms with van der Waals surface area (Å²) in [4.78, 5) is 11.4. The summed E-state index contributed by atoms with van der Waals surface area (Å²) in [5.41, 5.74) is 0.918. The first kappa shape index (κ1) is 24.1. The van der Waals surface area contributed by atoms with Crippen molar-refractivity contribution in [1.29, 1.82) is 0 Å². The molecule has 0 bridgehead atoms. The van der Waals surface area contributed by atoms with Crippen molar-refractivity contribution in [2.24, 2.45) is 5.92 Å². The van der Waals surface area contributed by atoms with Gasteiger partial charge < -0.3 is 20.3 Å². The van der Waals surface area contributed by atoms with E-state index >= 15 is 0 Å². The molecule has 0 spiro atoms. The van der Waals surface area contributed by atoms with E-state index in [-0.39, 0.29) is 6.61 Å². The predicted molar refractivity (Wildman–Crippen MR) is 128 cm³/mol. The normalized spacial score (nSPS) is 18.1. The number of hydrogen-bond acceptors (Lipinski definition) is 6. The second-order valence-electron chi connectivity index (χ2n) is 8.87. The molecule has 4 rings (SSSR count). The van der Waals surface area contributed by atoms with Crippen molar-refractivity contribution in [1.82, 2.24) is 15.3 Å². The molecule has 0 radical (unpaired) electrons. The zero-order valence-corrected chi connectivity index (χ0v) is 19.5. The lowest BCUT2D eigenvalue weighted by Gasteiger charge is -2.29. The highest BCUT2D eigenvalue weighted by molar-refractivity contribution is 5.90. The minimum atomic E-state index is -1.29. The van der Waals surface area contributed by atoms with Gasteiger partial charge in [0, 0.05) is 32.1 Å². The number of ether oxygens (including phenoxy) is 1. The number of nitrogens with one attached hydrogen (secondary N) is 2. The monoisotopic (exact) mass is 473 g/mol. The highest BCUT2D eigenvalue weighted by atomic mass is 19.2. The van der Waals surface area contributed by atoms with Crippen LogP contribution in [0.25, 0.3) is 10.9 Å². The van der Waals surface area contributed by atoms with Crippen molar-refractivity contribution in [2.45, 2.75) is 31.7 Å². The Balaban J connectivity index is 1.21. The van der Waals surface area contributed by atoms with Crippen LogP contribution < -0.4 is 20.3 Å². The summed E-state index contributed by atoms with van der Waals surface area (Å²) >= 11 is 0. The third-order valence-electron chi connectivity index (χ3n) is 6.15. The molecule has 1 aromatic heterocycles. The molecule has 2 aromatic carbocycles. The topological polar surface area (TPSA) is 62.3 Å². The minimum absolute atomic E-state index is 0.0572. The number of para-hydroxylation sites is 1. The predicted octanol–water partition coefficient (Wildman–Crippen LogP) is 4.75. The average Bonchev–Trinajstić information content (AvgIpc) is 2.83. The first-order valence-electron chi connectivity index (χ1n) is 11.6. The Labute approximate surface area is 197 Å². The van der Waals surface area contributed by atoms with Crippen LogP contribution in [0.2, 0.25) is 0 Å². The second-order valence-corrected chi connectivity index (χ2v) is 8.87. The second kappa shape index (κ2) is 10.9. The third kappa shape index (κ3) is 5.70. The van der Waals surface area contributed by atoms with E-state index in [0.717, 1.165) is 61.1 Å². The van der Waals surface area contributed by atoms with Gasteiger partial charge in [-0.15, -0.1) is 0 Å². The quantitative estimate of drug-likeness (QED) is 0.345. The van der Waals surface area contributed by atoms with Crippen LogP contribution in [0.3, 0.4) is 0 Å². The summed E-state index contributed by atoms with van der Waals surface area (Å²) in [6.45, 7) is 1.27. The maximum absolute atomic E-state index is 13.6. The largest absolute Gasteiger partial charge is 0.486 e. The van der Waals surface area contributed by atoms with Crippen LogP contribution in [-0.4, -0.2) is 49.8 Å². The SMILES string of the molecule is CN(C)c1nc(N[C@H]2CC[C@@H](CNCCOc3c(F)ccc(F)c3F)CC2)nc2ccccc12. The molecule has 0 atom stereocenters. The molecule has 1 fully saturated rings. The van der Waals surface area contributed by atoms with E-state index in [1.54, 1.807) is 0 Å². The maximum Gasteiger partial charge on any atom is 0.225 e. The number of fused-ring (bicyclic) bond motifs is 1. The first-order chi connectivity index (χ1) is 16.4. The van der Waals surface area contributed by atoms with E-state index in [2.05, 4.69) is 10.6 Å². The summed E-state index contributed by atoms with van der Waals surface area (Å²) in [6, 6.07) is 9.92. The van der Waals surface area contributed by atoms with Crippen LogP contribution in [0.5, 0.6) is 5.75 Å². The van der Waals surface area contributed by atoms with E-state index in [9.17, 15) is 13.2 Å². The maximum atomic E-state index is 13.6. The van der Waals surface area contributed by atoms with Gasteiger partial charge in [-0.3, -0.25) is 0 Å². The lowest BCUT2D eigenvalue weighted by Crippen LogP contribution is -2.33. The summed E-state index contributed by atoms with van der Waals surface area (Å²) in [7, 11) is 3.96. The fraction of sp³-hybridized carbons (Fsp3) is 0.440. The first-order valence-corrected chi connectivity index (χ1v) is 11.6. The van der Waals surface area contributed by atoms with Crippen molar-refractivity contribution in [3.05, 3.63) is 53.8 Å². The molecule has 0 saturated heterocycles. The number of aromatic nitrogens is 2. The summed E-state index contributed by atoms with van der Waals surface area (Å²) in [5, 5.41) is 7.80. The van der Waals surface area contributed by atoms with Crippen molar-refractivity contribution >= 4 is 22.7 Å². The Kier molecular flexibility index (Phi) is 7.72. The number of halogens is 3. The van der Waals surface area contributed by atoms with Gasteiger partial charge in [-0.05, 0) is 62.4 Å². The van der Waals surface area contributed by atoms with E-state index in [1.807, 2.05) is 43.3 Å². The number of rotatable bonds is 9. The van der Waals surface area contributed by atoms with E-state index in [1.165, 1.54) is 0 Å². The number of anilines is 2. The molecule has 1 heterocycles. The molecule has 0 amide bonds. The fourth-order valence-electron chi connectivity index (χ4n) is 4.33. The van der Waals surface area contributed by atoms with Crippen LogP contribution in [0.4, 0.5) is 24.9 Å². The molecule has 0 aliphatic heterocycles. The minimum Gasteiger partial charge on any atom is -0.486 e. The van der Waals surface area contributed by atoms with E-state index < -0.39 is 23.2 Å². The molecule has 182 valence electrons. The molecule has 9 heteroatoms. The number of benzene rings is 2. The third-order valence-corrected chi connectivity index (χ3v) is 6.15. The van der Waals surface area contributed by atoms with Crippen LogP contribution in [0, 0.1) is 23.4 Å². The Morgan fingerprint density at radius 2 is 1.71 bits per heavy atom. The van der Waals surface area contributed by atoms with Gasteiger partial charge in [0.05, 0.1) is 5.52 Å². The molecular formula is C25H30F3N5O. The fourth-order valence-corrected chi connectivity index (χ4v) is 4.33. The molecule has 0 unspecified atom stereocenters. The van der Waals surface area contributed by atoms with E-state index in [0.29, 0.717) is 24.5 Å². The van der Waals surface area contributed by atoms with Gasteiger partial charge in [0.15, 0.2) is 17.4 Å². The standard InChI is InChI=1S/C25H30F3N5O/c1-33(2)24-18-5-3-4-6-21(18)31-25(32-24)30-17-9-7-16(8-10-17)15-29-13-14-34-23-20(27)12-11-19(26)22(23)28/h3-6,11-12,16-17,29H,7-10,13-15H2,1-2H3,(H,30,31,32)/t16-,17+. The molecule has 34 heavy (non-hydrogen) atoms. The zero-order valence-electron chi connectivity index (χ0n) is 19.5. The molecule has 1 saturated carbocycles. The molecule has 2 N–H and O–H groups in total. The lowest BCUT2D eigenvalue weighted by molar-refractivity contribution is 0.266. The lowest BCUT2D eigenvalue weighted by atomic mass is 9.86. The smallest absolute Gasteiger partial charge is 0.225 e. The van der Waals surface area contributed by atoms with Gasteiger partial charge in [0.2, 0.25) is 11.8 Å². The Bertz CT molecular complexity index is 1120. The number of nitrogens with zero attached hydrogens (tertiary/aromatic N) is 3. The summed E-state index contributed by atoms with van der Waals surface area (Å²) in [6.07, 6.45) is 4.12. The van der Waals surface area contributed by atoms with Gasteiger partial charge in [-0.2, -0.15) is 9.37 Å². The van der Waals surface area contributed by atoms with Crippen LogP contribution in [-0.2, 0) is 0 Å². The molecular weight excluding hydrogens is 443 g/mol. The van der Waals surface area contributed by atoms with Crippen LogP contribution in [0.15, 0.2) is 36.4 Å². The van der Waals surface area contributed by atoms with Gasteiger partial charge in [0.1, 0.15) is 12.4 Å². The van der Waals surface area contributed by atoms with E-state index in [4.69, 9.17) is 14.7 Å². The van der Waals surface area contributed by atoms with Gasteiger partial charge in [-0.1, -0.05) is 12.1 Å². The van der Waals surface area contributed by atoms with Gasteiger partial charge >= 0.3 is 0 Å². The summed E-state index contributed by atoms with van der Waals surface area (Å²) < 4.78 is 45.5. The Hall–Kier alpha value is -3.07. The molecule has 6 nitrogen and oxygen atoms in total. The molecule has 1 aliphatic rings. The van der Waals surface area contributed by atoms with Crippen molar-refractivity contribution in [3.8, 4) is 5.75 Å². The Morgan fingerprint density at radius 1 is 0.971 bits per heavy atom. The average molecular weight is 474 g/mol. The van der Waals surface area contributed by atoms with Crippen molar-refractivity contribution in [3.63, 3.8) is 0 Å². The van der Waals surface area contributed by atoms with Gasteiger partial charge in [0.25, 0.3) is 0 Å². The van der Waals surface area contributed by atoms with Gasteiger partial charge in [-0.25, -0.2) is 13.8 Å².